The molecule has 1 saturated carbocycles. The third-order valence-corrected chi connectivity index (χ3v) is 8.35. The first-order valence-electron chi connectivity index (χ1n) is 12.2. The highest BCUT2D eigenvalue weighted by molar-refractivity contribution is 5.22. The second kappa shape index (κ2) is 7.73. The molecule has 164 valence electrons. The van der Waals surface area contributed by atoms with Crippen LogP contribution in [0.15, 0.2) is 16.9 Å². The van der Waals surface area contributed by atoms with Gasteiger partial charge in [0.05, 0.1) is 13.2 Å². The molecule has 3 saturated heterocycles. The van der Waals surface area contributed by atoms with E-state index in [0.29, 0.717) is 17.9 Å². The molecule has 5 aliphatic rings. The van der Waals surface area contributed by atoms with Crippen molar-refractivity contribution in [3.63, 3.8) is 0 Å². The van der Waals surface area contributed by atoms with E-state index in [4.69, 9.17) is 9.47 Å². The Hall–Kier alpha value is -1.21. The van der Waals surface area contributed by atoms with Gasteiger partial charge in [-0.3, -0.25) is 14.6 Å². The lowest BCUT2D eigenvalue weighted by molar-refractivity contribution is -0.185. The number of hydrogen-bond acceptors (Lipinski definition) is 5. The molecular weight excluding hydrogens is 378 g/mol. The molecule has 0 aromatic carbocycles. The summed E-state index contributed by atoms with van der Waals surface area (Å²) in [5.74, 6) is 0.833. The van der Waals surface area contributed by atoms with Gasteiger partial charge < -0.3 is 14.0 Å². The van der Waals surface area contributed by atoms with Crippen molar-refractivity contribution in [2.45, 2.75) is 75.8 Å². The summed E-state index contributed by atoms with van der Waals surface area (Å²) in [6, 6.07) is 5.04. The van der Waals surface area contributed by atoms with Gasteiger partial charge in [-0.2, -0.15) is 0 Å². The van der Waals surface area contributed by atoms with Crippen LogP contribution in [0.5, 0.6) is 0 Å². The smallest absolute Gasteiger partial charge is 0.255 e. The lowest BCUT2D eigenvalue weighted by atomic mass is 9.80. The molecule has 5 heterocycles. The Morgan fingerprint density at radius 2 is 1.77 bits per heavy atom. The number of ether oxygens (including phenoxy) is 2. The van der Waals surface area contributed by atoms with Crippen LogP contribution in [0.1, 0.15) is 62.1 Å². The number of nitrogens with zero attached hydrogens (tertiary/aromatic N) is 3. The zero-order valence-corrected chi connectivity index (χ0v) is 18.1. The van der Waals surface area contributed by atoms with Crippen LogP contribution >= 0.6 is 0 Å². The number of hydrogen-bond donors (Lipinski definition) is 0. The van der Waals surface area contributed by atoms with Gasteiger partial charge in [0.25, 0.3) is 5.56 Å². The van der Waals surface area contributed by atoms with Gasteiger partial charge in [-0.05, 0) is 57.2 Å². The summed E-state index contributed by atoms with van der Waals surface area (Å²) in [4.78, 5) is 18.4. The summed E-state index contributed by atoms with van der Waals surface area (Å²) in [5.41, 5.74) is 2.55. The van der Waals surface area contributed by atoms with Gasteiger partial charge in [-0.15, -0.1) is 0 Å². The largest absolute Gasteiger partial charge is 0.348 e. The first-order valence-corrected chi connectivity index (χ1v) is 12.2. The van der Waals surface area contributed by atoms with Crippen LogP contribution in [0.2, 0.25) is 0 Å². The van der Waals surface area contributed by atoms with Crippen LogP contribution in [-0.4, -0.2) is 65.6 Å². The first-order chi connectivity index (χ1) is 14.7. The molecule has 1 aromatic rings. The molecule has 2 bridgehead atoms. The van der Waals surface area contributed by atoms with E-state index in [2.05, 4.69) is 26.5 Å². The summed E-state index contributed by atoms with van der Waals surface area (Å²) in [6.07, 6.45) is 8.17. The van der Waals surface area contributed by atoms with E-state index in [-0.39, 0.29) is 11.3 Å². The maximum Gasteiger partial charge on any atom is 0.255 e. The predicted octanol–water partition coefficient (Wildman–Crippen LogP) is 2.55. The Balaban J connectivity index is 1.16. The van der Waals surface area contributed by atoms with Crippen molar-refractivity contribution in [1.82, 2.24) is 14.4 Å². The highest BCUT2D eigenvalue weighted by Crippen LogP contribution is 2.41. The van der Waals surface area contributed by atoms with Gasteiger partial charge >= 0.3 is 0 Å². The SMILES string of the molecule is O=c1c(CN2CCCC2)ccc2n1C[C@H]1C[C@@H]2CN(C2CCC3(CC2)OCCO3)C1. The fourth-order valence-corrected chi connectivity index (χ4v) is 6.82. The van der Waals surface area contributed by atoms with Crippen molar-refractivity contribution in [1.29, 1.82) is 0 Å². The maximum atomic E-state index is 13.3. The Morgan fingerprint density at radius 3 is 2.53 bits per heavy atom. The minimum Gasteiger partial charge on any atom is -0.348 e. The van der Waals surface area contributed by atoms with Crippen LogP contribution in [0.3, 0.4) is 0 Å². The molecule has 0 N–H and O–H groups in total. The van der Waals surface area contributed by atoms with E-state index in [1.54, 1.807) is 0 Å². The average molecular weight is 414 g/mol. The van der Waals surface area contributed by atoms with Gasteiger partial charge in [-0.25, -0.2) is 0 Å². The molecule has 1 aliphatic carbocycles. The number of pyridine rings is 1. The number of fused-ring (bicyclic) bond motifs is 4. The number of rotatable bonds is 3. The number of aromatic nitrogens is 1. The molecular formula is C24H35N3O3. The van der Waals surface area contributed by atoms with E-state index in [9.17, 15) is 4.79 Å². The Bertz CT molecular complexity index is 831. The monoisotopic (exact) mass is 413 g/mol. The van der Waals surface area contributed by atoms with Gasteiger partial charge in [0, 0.05) is 62.2 Å². The van der Waals surface area contributed by atoms with E-state index in [1.807, 2.05) is 0 Å². The summed E-state index contributed by atoms with van der Waals surface area (Å²) < 4.78 is 14.0. The maximum absolute atomic E-state index is 13.3. The predicted molar refractivity (Wildman–Crippen MR) is 115 cm³/mol. The van der Waals surface area contributed by atoms with E-state index < -0.39 is 0 Å². The van der Waals surface area contributed by atoms with Crippen LogP contribution in [0.25, 0.3) is 0 Å². The van der Waals surface area contributed by atoms with Crippen molar-refractivity contribution >= 4 is 0 Å². The molecule has 6 nitrogen and oxygen atoms in total. The fraction of sp³-hybridized carbons (Fsp3) is 0.792. The lowest BCUT2D eigenvalue weighted by Gasteiger charge is -2.48. The molecule has 1 aromatic heterocycles. The van der Waals surface area contributed by atoms with Crippen molar-refractivity contribution in [3.05, 3.63) is 33.7 Å². The number of piperidine rings is 1. The Labute approximate surface area is 179 Å². The minimum atomic E-state index is -0.270. The standard InChI is InChI=1S/C24H35N3O3/c28-23-19(16-25-9-1-2-10-25)3-4-22-20-13-18(15-27(22)23)14-26(17-20)21-5-7-24(8-6-21)29-11-12-30-24/h3-4,18,20-21H,1-2,5-17H2/t18-,20+/m0/s1. The van der Waals surface area contributed by atoms with E-state index >= 15 is 0 Å². The third-order valence-electron chi connectivity index (χ3n) is 8.35. The molecule has 30 heavy (non-hydrogen) atoms. The Kier molecular flexibility index (Phi) is 5.02. The first kappa shape index (κ1) is 19.5. The average Bonchev–Trinajstić information content (AvgIpc) is 3.43. The lowest BCUT2D eigenvalue weighted by Crippen LogP contribution is -2.53. The normalized spacial score (nSPS) is 32.0. The van der Waals surface area contributed by atoms with Crippen LogP contribution in [0.4, 0.5) is 0 Å². The Morgan fingerprint density at radius 1 is 1.00 bits per heavy atom. The van der Waals surface area contributed by atoms with Crippen LogP contribution < -0.4 is 5.56 Å². The third kappa shape index (κ3) is 3.46. The van der Waals surface area contributed by atoms with Gasteiger partial charge in [0.2, 0.25) is 0 Å². The second-order valence-corrected chi connectivity index (χ2v) is 10.3. The molecule has 4 fully saturated rings. The molecule has 4 aliphatic heterocycles. The van der Waals surface area contributed by atoms with Crippen molar-refractivity contribution in [2.75, 3.05) is 39.4 Å². The topological polar surface area (TPSA) is 46.9 Å². The zero-order valence-electron chi connectivity index (χ0n) is 18.1. The molecule has 2 atom stereocenters. The van der Waals surface area contributed by atoms with Gasteiger partial charge in [0.1, 0.15) is 0 Å². The van der Waals surface area contributed by atoms with Crippen molar-refractivity contribution < 1.29 is 9.47 Å². The summed E-state index contributed by atoms with van der Waals surface area (Å²) >= 11 is 0. The van der Waals surface area contributed by atoms with Crippen molar-refractivity contribution in [2.24, 2.45) is 5.92 Å². The minimum absolute atomic E-state index is 0.270. The van der Waals surface area contributed by atoms with E-state index in [1.165, 1.54) is 37.8 Å². The van der Waals surface area contributed by atoms with Gasteiger partial charge in [-0.1, -0.05) is 6.07 Å². The highest BCUT2D eigenvalue weighted by Gasteiger charge is 2.44. The number of likely N-dealkylation sites (tertiary alicyclic amines) is 2. The van der Waals surface area contributed by atoms with Crippen molar-refractivity contribution in [3.8, 4) is 0 Å². The molecule has 6 heteroatoms. The van der Waals surface area contributed by atoms with Crippen LogP contribution in [0, 0.1) is 5.92 Å². The molecule has 1 spiro atoms. The van der Waals surface area contributed by atoms with E-state index in [0.717, 1.165) is 70.9 Å². The zero-order chi connectivity index (χ0) is 20.1. The summed E-state index contributed by atoms with van der Waals surface area (Å²) in [6.45, 7) is 7.75. The van der Waals surface area contributed by atoms with Gasteiger partial charge in [0.15, 0.2) is 5.79 Å². The summed E-state index contributed by atoms with van der Waals surface area (Å²) in [7, 11) is 0. The molecule has 0 radical (unpaired) electrons. The summed E-state index contributed by atoms with van der Waals surface area (Å²) in [5, 5.41) is 0. The quantitative estimate of drug-likeness (QED) is 0.762. The highest BCUT2D eigenvalue weighted by atomic mass is 16.7. The second-order valence-electron chi connectivity index (χ2n) is 10.3. The fourth-order valence-electron chi connectivity index (χ4n) is 6.82. The van der Waals surface area contributed by atoms with Crippen LogP contribution in [-0.2, 0) is 22.6 Å². The molecule has 0 amide bonds. The molecule has 6 rings (SSSR count). The molecule has 0 unspecified atom stereocenters.